The van der Waals surface area contributed by atoms with Crippen LogP contribution in [-0.2, 0) is 6.42 Å². The summed E-state index contributed by atoms with van der Waals surface area (Å²) in [7, 11) is 0. The third-order valence-corrected chi connectivity index (χ3v) is 5.58. The number of halogens is 1. The van der Waals surface area contributed by atoms with Crippen LogP contribution in [0.3, 0.4) is 0 Å². The van der Waals surface area contributed by atoms with E-state index in [-0.39, 0.29) is 0 Å². The van der Waals surface area contributed by atoms with Gasteiger partial charge in [0, 0.05) is 15.6 Å². The Morgan fingerprint density at radius 3 is 2.16 bits per heavy atom. The topological polar surface area (TPSA) is 33.1 Å². The van der Waals surface area contributed by atoms with Gasteiger partial charge in [-0.1, -0.05) is 80.6 Å². The van der Waals surface area contributed by atoms with Crippen molar-refractivity contribution >= 4 is 26.8 Å². The Morgan fingerprint density at radius 1 is 0.920 bits per heavy atom. The zero-order valence-electron chi connectivity index (χ0n) is 15.8. The number of phenols is 1. The Kier molecular flexibility index (Phi) is 8.74. The molecule has 0 saturated carbocycles. The molecule has 0 fully saturated rings. The van der Waals surface area contributed by atoms with E-state index in [1.54, 1.807) is 0 Å². The van der Waals surface area contributed by atoms with Gasteiger partial charge in [0.15, 0.2) is 0 Å². The standard InChI is InChI=1S/C22H32BrNO/c1-3-4-5-6-7-8-9-10-11-12-13-18-16-20(23)19-15-14-17(2)24-21(19)22(18)25/h14-16,25H,3-13H2,1-2H3. The number of hydrogen-bond donors (Lipinski definition) is 1. The summed E-state index contributed by atoms with van der Waals surface area (Å²) in [5, 5.41) is 11.5. The fourth-order valence-corrected chi connectivity index (χ4v) is 3.97. The SMILES string of the molecule is CCCCCCCCCCCCc1cc(Br)c2ccc(C)nc2c1O. The normalized spacial score (nSPS) is 11.3. The lowest BCUT2D eigenvalue weighted by molar-refractivity contribution is 0.470. The number of phenolic OH excluding ortho intramolecular Hbond substituents is 1. The number of aromatic nitrogens is 1. The summed E-state index contributed by atoms with van der Waals surface area (Å²) in [5.41, 5.74) is 2.67. The molecule has 0 aliphatic carbocycles. The summed E-state index contributed by atoms with van der Waals surface area (Å²) in [5.74, 6) is 0.359. The van der Waals surface area contributed by atoms with Gasteiger partial charge in [-0.05, 0) is 43.5 Å². The molecular formula is C22H32BrNO. The van der Waals surface area contributed by atoms with Crippen LogP contribution in [0, 0.1) is 6.92 Å². The fraction of sp³-hybridized carbons (Fsp3) is 0.591. The second-order valence-electron chi connectivity index (χ2n) is 7.15. The summed E-state index contributed by atoms with van der Waals surface area (Å²) in [6.07, 6.45) is 14.2. The van der Waals surface area contributed by atoms with Crippen molar-refractivity contribution in [3.63, 3.8) is 0 Å². The van der Waals surface area contributed by atoms with Gasteiger partial charge in [0.25, 0.3) is 0 Å². The van der Waals surface area contributed by atoms with Crippen LogP contribution >= 0.6 is 15.9 Å². The molecule has 0 aliphatic rings. The summed E-state index contributed by atoms with van der Waals surface area (Å²) >= 11 is 3.62. The number of benzene rings is 1. The van der Waals surface area contributed by atoms with Gasteiger partial charge in [-0.25, -0.2) is 4.98 Å². The minimum Gasteiger partial charge on any atom is -0.505 e. The number of pyridine rings is 1. The van der Waals surface area contributed by atoms with Gasteiger partial charge in [-0.2, -0.15) is 0 Å². The lowest BCUT2D eigenvalue weighted by Gasteiger charge is -2.10. The molecule has 0 bridgehead atoms. The molecule has 0 atom stereocenters. The number of nitrogens with zero attached hydrogens (tertiary/aromatic N) is 1. The van der Waals surface area contributed by atoms with E-state index in [0.717, 1.165) is 39.5 Å². The highest BCUT2D eigenvalue weighted by Gasteiger charge is 2.11. The molecule has 25 heavy (non-hydrogen) atoms. The largest absolute Gasteiger partial charge is 0.505 e. The summed E-state index contributed by atoms with van der Waals surface area (Å²) in [6, 6.07) is 6.06. The molecule has 2 rings (SSSR count). The van der Waals surface area contributed by atoms with E-state index in [0.29, 0.717) is 5.75 Å². The number of rotatable bonds is 11. The highest BCUT2D eigenvalue weighted by Crippen LogP contribution is 2.34. The van der Waals surface area contributed by atoms with Crippen molar-refractivity contribution in [1.29, 1.82) is 0 Å². The van der Waals surface area contributed by atoms with Crippen LogP contribution in [0.2, 0.25) is 0 Å². The Morgan fingerprint density at radius 2 is 1.52 bits per heavy atom. The van der Waals surface area contributed by atoms with Crippen molar-refractivity contribution in [3.8, 4) is 5.75 Å². The first-order valence-corrected chi connectivity index (χ1v) is 10.7. The Balaban J connectivity index is 1.75. The molecule has 2 nitrogen and oxygen atoms in total. The van der Waals surface area contributed by atoms with Crippen molar-refractivity contribution in [2.24, 2.45) is 0 Å². The lowest BCUT2D eigenvalue weighted by atomic mass is 10.0. The molecule has 0 amide bonds. The predicted octanol–water partition coefficient (Wildman–Crippen LogP) is 7.47. The maximum absolute atomic E-state index is 10.6. The van der Waals surface area contributed by atoms with Crippen molar-refractivity contribution in [2.75, 3.05) is 0 Å². The summed E-state index contributed by atoms with van der Waals surface area (Å²) in [6.45, 7) is 4.23. The monoisotopic (exact) mass is 405 g/mol. The second-order valence-corrected chi connectivity index (χ2v) is 8.00. The molecule has 138 valence electrons. The Labute approximate surface area is 161 Å². The maximum Gasteiger partial charge on any atom is 0.145 e. The Bertz CT molecular complexity index is 669. The summed E-state index contributed by atoms with van der Waals surface area (Å²) in [4.78, 5) is 4.52. The van der Waals surface area contributed by atoms with Crippen LogP contribution in [0.1, 0.15) is 82.4 Å². The van der Waals surface area contributed by atoms with Crippen LogP contribution in [0.5, 0.6) is 5.75 Å². The zero-order chi connectivity index (χ0) is 18.1. The van der Waals surface area contributed by atoms with Crippen molar-refractivity contribution in [2.45, 2.75) is 84.5 Å². The minimum atomic E-state index is 0.359. The smallest absolute Gasteiger partial charge is 0.145 e. The van der Waals surface area contributed by atoms with E-state index < -0.39 is 0 Å². The van der Waals surface area contributed by atoms with Gasteiger partial charge >= 0.3 is 0 Å². The zero-order valence-corrected chi connectivity index (χ0v) is 17.4. The fourth-order valence-electron chi connectivity index (χ4n) is 3.37. The van der Waals surface area contributed by atoms with E-state index >= 15 is 0 Å². The van der Waals surface area contributed by atoms with Crippen molar-refractivity contribution < 1.29 is 5.11 Å². The van der Waals surface area contributed by atoms with E-state index in [1.165, 1.54) is 57.8 Å². The molecule has 0 radical (unpaired) electrons. The van der Waals surface area contributed by atoms with E-state index in [9.17, 15) is 5.11 Å². The van der Waals surface area contributed by atoms with Gasteiger partial charge in [0.05, 0.1) is 0 Å². The van der Waals surface area contributed by atoms with Gasteiger partial charge in [-0.15, -0.1) is 0 Å². The molecular weight excluding hydrogens is 374 g/mol. The third kappa shape index (κ3) is 6.29. The molecule has 1 aromatic carbocycles. The highest BCUT2D eigenvalue weighted by atomic mass is 79.9. The van der Waals surface area contributed by atoms with Crippen LogP contribution in [0.15, 0.2) is 22.7 Å². The van der Waals surface area contributed by atoms with Crippen LogP contribution < -0.4 is 0 Å². The molecule has 3 heteroatoms. The molecule has 0 spiro atoms. The van der Waals surface area contributed by atoms with E-state index in [2.05, 4.69) is 33.9 Å². The number of aryl methyl sites for hydroxylation is 2. The number of fused-ring (bicyclic) bond motifs is 1. The quantitative estimate of drug-likeness (QED) is 0.393. The maximum atomic E-state index is 10.6. The summed E-state index contributed by atoms with van der Waals surface area (Å²) < 4.78 is 1.02. The van der Waals surface area contributed by atoms with E-state index in [4.69, 9.17) is 0 Å². The number of hydrogen-bond acceptors (Lipinski definition) is 2. The van der Waals surface area contributed by atoms with Gasteiger partial charge in [0.1, 0.15) is 11.3 Å². The molecule has 1 N–H and O–H groups in total. The Hall–Kier alpha value is -1.09. The predicted molar refractivity (Wildman–Crippen MR) is 111 cm³/mol. The first-order valence-electron chi connectivity index (χ1n) is 9.91. The van der Waals surface area contributed by atoms with Crippen LogP contribution in [-0.4, -0.2) is 10.1 Å². The van der Waals surface area contributed by atoms with Crippen LogP contribution in [0.4, 0.5) is 0 Å². The average Bonchev–Trinajstić information content (AvgIpc) is 2.60. The van der Waals surface area contributed by atoms with Crippen molar-refractivity contribution in [1.82, 2.24) is 4.98 Å². The highest BCUT2D eigenvalue weighted by molar-refractivity contribution is 9.10. The molecule has 0 saturated heterocycles. The molecule has 0 aliphatic heterocycles. The van der Waals surface area contributed by atoms with Crippen LogP contribution in [0.25, 0.3) is 10.9 Å². The van der Waals surface area contributed by atoms with Gasteiger partial charge in [-0.3, -0.25) is 0 Å². The molecule has 0 unspecified atom stereocenters. The van der Waals surface area contributed by atoms with Gasteiger partial charge < -0.3 is 5.11 Å². The molecule has 1 heterocycles. The molecule has 1 aromatic heterocycles. The molecule has 2 aromatic rings. The van der Waals surface area contributed by atoms with E-state index in [1.807, 2.05) is 19.1 Å². The first kappa shape index (κ1) is 20.2. The first-order chi connectivity index (χ1) is 12.1. The number of aromatic hydroxyl groups is 1. The van der Waals surface area contributed by atoms with Gasteiger partial charge in [0.2, 0.25) is 0 Å². The minimum absolute atomic E-state index is 0.359. The van der Waals surface area contributed by atoms with Crippen molar-refractivity contribution in [3.05, 3.63) is 33.9 Å². The second kappa shape index (κ2) is 10.8. The number of unbranched alkanes of at least 4 members (excludes halogenated alkanes) is 9. The third-order valence-electron chi connectivity index (χ3n) is 4.92. The lowest BCUT2D eigenvalue weighted by Crippen LogP contribution is -1.92. The average molecular weight is 406 g/mol.